The summed E-state index contributed by atoms with van der Waals surface area (Å²) in [7, 11) is -3.96. The van der Waals surface area contributed by atoms with Crippen LogP contribution in [0.3, 0.4) is 0 Å². The van der Waals surface area contributed by atoms with Gasteiger partial charge in [0.25, 0.3) is 0 Å². The molecule has 1 aliphatic rings. The summed E-state index contributed by atoms with van der Waals surface area (Å²) in [5.74, 6) is -1.99. The first-order chi connectivity index (χ1) is 10.8. The van der Waals surface area contributed by atoms with Crippen molar-refractivity contribution in [2.75, 3.05) is 39.3 Å². The van der Waals surface area contributed by atoms with Crippen molar-refractivity contribution < 1.29 is 26.9 Å². The third-order valence-corrected chi connectivity index (χ3v) is 5.73. The lowest BCUT2D eigenvalue weighted by Crippen LogP contribution is -3.15. The summed E-state index contributed by atoms with van der Waals surface area (Å²) >= 11 is 0. The highest BCUT2D eigenvalue weighted by Crippen LogP contribution is 2.20. The molecule has 0 bridgehead atoms. The second-order valence-electron chi connectivity index (χ2n) is 5.46. The SMILES string of the molecule is CC(=O)NCC[NH+]1CCN(S(=O)(=O)c2ccc(F)cc2F)CC1. The van der Waals surface area contributed by atoms with Gasteiger partial charge in [-0.1, -0.05) is 0 Å². The van der Waals surface area contributed by atoms with E-state index in [1.165, 1.54) is 16.1 Å². The van der Waals surface area contributed by atoms with E-state index in [1.807, 2.05) is 0 Å². The molecule has 23 heavy (non-hydrogen) atoms. The highest BCUT2D eigenvalue weighted by molar-refractivity contribution is 7.89. The fourth-order valence-electron chi connectivity index (χ4n) is 2.53. The highest BCUT2D eigenvalue weighted by atomic mass is 32.2. The van der Waals surface area contributed by atoms with Gasteiger partial charge in [0.2, 0.25) is 15.9 Å². The number of carbonyl (C=O) groups excluding carboxylic acids is 1. The molecule has 0 unspecified atom stereocenters. The summed E-state index contributed by atoms with van der Waals surface area (Å²) in [4.78, 5) is 11.5. The molecule has 1 saturated heterocycles. The summed E-state index contributed by atoms with van der Waals surface area (Å²) < 4.78 is 52.7. The lowest BCUT2D eigenvalue weighted by molar-refractivity contribution is -0.902. The number of benzene rings is 1. The third kappa shape index (κ3) is 4.46. The number of sulfonamides is 1. The van der Waals surface area contributed by atoms with Gasteiger partial charge in [0.1, 0.15) is 16.5 Å². The molecule has 0 spiro atoms. The van der Waals surface area contributed by atoms with Gasteiger partial charge in [-0.25, -0.2) is 17.2 Å². The van der Waals surface area contributed by atoms with E-state index >= 15 is 0 Å². The van der Waals surface area contributed by atoms with Crippen LogP contribution >= 0.6 is 0 Å². The van der Waals surface area contributed by atoms with Crippen LogP contribution in [0.4, 0.5) is 8.78 Å². The Kier molecular flexibility index (Phi) is 5.66. The molecular weight excluding hydrogens is 328 g/mol. The zero-order chi connectivity index (χ0) is 17.0. The van der Waals surface area contributed by atoms with Crippen molar-refractivity contribution in [3.63, 3.8) is 0 Å². The van der Waals surface area contributed by atoms with Crippen molar-refractivity contribution >= 4 is 15.9 Å². The van der Waals surface area contributed by atoms with Crippen LogP contribution in [0.5, 0.6) is 0 Å². The lowest BCUT2D eigenvalue weighted by Gasteiger charge is -2.31. The molecule has 128 valence electrons. The van der Waals surface area contributed by atoms with Gasteiger partial charge in [0.15, 0.2) is 0 Å². The van der Waals surface area contributed by atoms with E-state index in [0.717, 1.165) is 12.1 Å². The first-order valence-electron chi connectivity index (χ1n) is 7.34. The minimum atomic E-state index is -3.96. The standard InChI is InChI=1S/C14H19F2N3O3S/c1-11(20)17-4-5-18-6-8-19(9-7-18)23(21,22)14-3-2-12(15)10-13(14)16/h2-3,10H,4-9H2,1H3,(H,17,20)/p+1. The third-order valence-electron chi connectivity index (χ3n) is 3.79. The Morgan fingerprint density at radius 2 is 1.96 bits per heavy atom. The van der Waals surface area contributed by atoms with E-state index < -0.39 is 26.6 Å². The summed E-state index contributed by atoms with van der Waals surface area (Å²) in [5.41, 5.74) is 0. The molecule has 0 saturated carbocycles. The molecule has 0 radical (unpaired) electrons. The summed E-state index contributed by atoms with van der Waals surface area (Å²) in [6.45, 7) is 4.34. The van der Waals surface area contributed by atoms with E-state index in [4.69, 9.17) is 0 Å². The van der Waals surface area contributed by atoms with Gasteiger partial charge in [-0.3, -0.25) is 4.79 Å². The Hall–Kier alpha value is -1.58. The first-order valence-corrected chi connectivity index (χ1v) is 8.78. The van der Waals surface area contributed by atoms with Crippen molar-refractivity contribution in [3.8, 4) is 0 Å². The molecule has 0 aromatic heterocycles. The fourth-order valence-corrected chi connectivity index (χ4v) is 4.02. The molecule has 2 N–H and O–H groups in total. The molecule has 0 atom stereocenters. The van der Waals surface area contributed by atoms with E-state index in [1.54, 1.807) is 0 Å². The lowest BCUT2D eigenvalue weighted by atomic mass is 10.3. The van der Waals surface area contributed by atoms with Gasteiger partial charge in [-0.15, -0.1) is 0 Å². The molecule has 1 aromatic rings. The molecule has 2 rings (SSSR count). The van der Waals surface area contributed by atoms with Crippen LogP contribution in [0, 0.1) is 11.6 Å². The van der Waals surface area contributed by atoms with Crippen LogP contribution in [0.15, 0.2) is 23.1 Å². The van der Waals surface area contributed by atoms with Crippen LogP contribution < -0.4 is 10.2 Å². The first kappa shape index (κ1) is 17.8. The predicted molar refractivity (Wildman–Crippen MR) is 79.4 cm³/mol. The predicted octanol–water partition coefficient (Wildman–Crippen LogP) is -1.01. The maximum atomic E-state index is 13.7. The molecule has 1 aliphatic heterocycles. The van der Waals surface area contributed by atoms with Crippen LogP contribution in [0.1, 0.15) is 6.92 Å². The minimum Gasteiger partial charge on any atom is -0.351 e. The Morgan fingerprint density at radius 3 is 2.52 bits per heavy atom. The second-order valence-corrected chi connectivity index (χ2v) is 7.37. The molecular formula is C14H20F2N3O3S+. The molecule has 1 fully saturated rings. The second kappa shape index (κ2) is 7.33. The van der Waals surface area contributed by atoms with Crippen molar-refractivity contribution in [1.82, 2.24) is 9.62 Å². The number of nitrogens with zero attached hydrogens (tertiary/aromatic N) is 1. The normalized spacial score (nSPS) is 17.2. The molecule has 1 amide bonds. The van der Waals surface area contributed by atoms with Crippen molar-refractivity contribution in [1.29, 1.82) is 0 Å². The minimum absolute atomic E-state index is 0.0996. The number of halogens is 2. The quantitative estimate of drug-likeness (QED) is 0.716. The van der Waals surface area contributed by atoms with Crippen LogP contribution in [0.2, 0.25) is 0 Å². The van der Waals surface area contributed by atoms with Crippen molar-refractivity contribution in [2.45, 2.75) is 11.8 Å². The Balaban J connectivity index is 1.97. The molecule has 1 heterocycles. The number of quaternary nitrogens is 1. The zero-order valence-corrected chi connectivity index (χ0v) is 13.6. The summed E-state index contributed by atoms with van der Waals surface area (Å²) in [5, 5.41) is 2.70. The van der Waals surface area contributed by atoms with Crippen molar-refractivity contribution in [3.05, 3.63) is 29.8 Å². The molecule has 9 heteroatoms. The van der Waals surface area contributed by atoms with Gasteiger partial charge in [0.05, 0.1) is 39.3 Å². The zero-order valence-electron chi connectivity index (χ0n) is 12.8. The van der Waals surface area contributed by atoms with Gasteiger partial charge >= 0.3 is 0 Å². The van der Waals surface area contributed by atoms with Gasteiger partial charge < -0.3 is 10.2 Å². The summed E-state index contributed by atoms with van der Waals surface area (Å²) in [6.07, 6.45) is 0. The smallest absolute Gasteiger partial charge is 0.246 e. The van der Waals surface area contributed by atoms with E-state index in [2.05, 4.69) is 5.32 Å². The monoisotopic (exact) mass is 348 g/mol. The number of amides is 1. The molecule has 0 aliphatic carbocycles. The topological polar surface area (TPSA) is 70.9 Å². The maximum Gasteiger partial charge on any atom is 0.246 e. The Morgan fingerprint density at radius 1 is 1.30 bits per heavy atom. The largest absolute Gasteiger partial charge is 0.351 e. The van der Waals surface area contributed by atoms with E-state index in [-0.39, 0.29) is 19.0 Å². The fraction of sp³-hybridized carbons (Fsp3) is 0.500. The average molecular weight is 348 g/mol. The number of nitrogens with one attached hydrogen (secondary N) is 2. The number of carbonyl (C=O) groups is 1. The van der Waals surface area contributed by atoms with Crippen LogP contribution in [-0.2, 0) is 14.8 Å². The van der Waals surface area contributed by atoms with Gasteiger partial charge in [0, 0.05) is 13.0 Å². The van der Waals surface area contributed by atoms with Gasteiger partial charge in [-0.05, 0) is 12.1 Å². The van der Waals surface area contributed by atoms with Gasteiger partial charge in [-0.2, -0.15) is 4.31 Å². The Labute approximate surface area is 134 Å². The molecule has 1 aromatic carbocycles. The number of hydrogen-bond donors (Lipinski definition) is 2. The van der Waals surface area contributed by atoms with Crippen LogP contribution in [0.25, 0.3) is 0 Å². The van der Waals surface area contributed by atoms with E-state index in [9.17, 15) is 22.0 Å². The Bertz CT molecular complexity index is 674. The maximum absolute atomic E-state index is 13.7. The number of hydrogen-bond acceptors (Lipinski definition) is 3. The highest BCUT2D eigenvalue weighted by Gasteiger charge is 2.32. The van der Waals surface area contributed by atoms with Crippen molar-refractivity contribution in [2.24, 2.45) is 0 Å². The van der Waals surface area contributed by atoms with Crippen LogP contribution in [-0.4, -0.2) is 57.9 Å². The average Bonchev–Trinajstić information content (AvgIpc) is 2.47. The van der Waals surface area contributed by atoms with E-state index in [0.29, 0.717) is 32.2 Å². The number of piperazine rings is 1. The number of rotatable bonds is 5. The molecule has 6 nitrogen and oxygen atoms in total. The summed E-state index contributed by atoms with van der Waals surface area (Å²) in [6, 6.07) is 2.46.